The van der Waals surface area contributed by atoms with Gasteiger partial charge >= 0.3 is 0 Å². The van der Waals surface area contributed by atoms with Gasteiger partial charge in [-0.25, -0.2) is 0 Å². The van der Waals surface area contributed by atoms with Crippen molar-refractivity contribution in [2.24, 2.45) is 0 Å². The Morgan fingerprint density at radius 3 is 2.33 bits per heavy atom. The number of carbonyl (C=O) groups is 1. The Morgan fingerprint density at radius 2 is 1.67 bits per heavy atom. The van der Waals surface area contributed by atoms with E-state index >= 15 is 0 Å². The van der Waals surface area contributed by atoms with Crippen molar-refractivity contribution in [2.45, 2.75) is 39.5 Å². The van der Waals surface area contributed by atoms with Gasteiger partial charge < -0.3 is 0 Å². The van der Waals surface area contributed by atoms with Crippen molar-refractivity contribution in [1.29, 1.82) is 0 Å². The van der Waals surface area contributed by atoms with Gasteiger partial charge in [0.1, 0.15) is 0 Å². The molecular formula is C23H24O. The van der Waals surface area contributed by atoms with Crippen LogP contribution in [-0.2, 0) is 6.42 Å². The van der Waals surface area contributed by atoms with Crippen LogP contribution in [0.4, 0.5) is 0 Å². The molecule has 0 heterocycles. The molecule has 0 radical (unpaired) electrons. The number of carbonyl (C=O) groups excluding carboxylic acids is 1. The molecule has 3 rings (SSSR count). The van der Waals surface area contributed by atoms with Crippen LogP contribution in [0.25, 0.3) is 10.8 Å². The first-order valence-corrected chi connectivity index (χ1v) is 8.77. The minimum absolute atomic E-state index is 0.0856. The maximum absolute atomic E-state index is 12.7. The summed E-state index contributed by atoms with van der Waals surface area (Å²) >= 11 is 0. The van der Waals surface area contributed by atoms with Gasteiger partial charge in [0.15, 0.2) is 5.78 Å². The van der Waals surface area contributed by atoms with E-state index in [1.54, 1.807) is 0 Å². The van der Waals surface area contributed by atoms with E-state index < -0.39 is 0 Å². The Balaban J connectivity index is 2.09. The molecule has 3 aromatic carbocycles. The summed E-state index contributed by atoms with van der Waals surface area (Å²) in [4.78, 5) is 12.7. The molecular weight excluding hydrogens is 292 g/mol. The highest BCUT2D eigenvalue weighted by Crippen LogP contribution is 2.30. The predicted molar refractivity (Wildman–Crippen MR) is 102 cm³/mol. The molecule has 0 spiro atoms. The number of rotatable bonds is 5. The van der Waals surface area contributed by atoms with Crippen molar-refractivity contribution in [1.82, 2.24) is 0 Å². The van der Waals surface area contributed by atoms with Crippen LogP contribution in [-0.4, -0.2) is 5.78 Å². The van der Waals surface area contributed by atoms with E-state index in [-0.39, 0.29) is 5.78 Å². The number of hydrogen-bond donors (Lipinski definition) is 0. The van der Waals surface area contributed by atoms with Crippen LogP contribution in [0, 0.1) is 0 Å². The molecule has 0 saturated carbocycles. The molecule has 0 aliphatic carbocycles. The van der Waals surface area contributed by atoms with Crippen LogP contribution in [0.1, 0.15) is 60.2 Å². The van der Waals surface area contributed by atoms with Gasteiger partial charge in [-0.1, -0.05) is 81.8 Å². The summed E-state index contributed by atoms with van der Waals surface area (Å²) in [6.45, 7) is 6.71. The van der Waals surface area contributed by atoms with E-state index in [1.807, 2.05) is 42.5 Å². The van der Waals surface area contributed by atoms with E-state index in [2.05, 4.69) is 39.0 Å². The van der Waals surface area contributed by atoms with Crippen LogP contribution in [0.3, 0.4) is 0 Å². The number of fused-ring (bicyclic) bond motifs is 1. The summed E-state index contributed by atoms with van der Waals surface area (Å²) in [7, 11) is 0. The Morgan fingerprint density at radius 1 is 0.917 bits per heavy atom. The zero-order valence-corrected chi connectivity index (χ0v) is 14.7. The zero-order valence-electron chi connectivity index (χ0n) is 14.7. The van der Waals surface area contributed by atoms with Crippen molar-refractivity contribution in [3.8, 4) is 0 Å². The zero-order chi connectivity index (χ0) is 17.1. The van der Waals surface area contributed by atoms with Crippen molar-refractivity contribution in [2.75, 3.05) is 0 Å². The maximum atomic E-state index is 12.7. The van der Waals surface area contributed by atoms with Gasteiger partial charge in [-0.15, -0.1) is 0 Å². The van der Waals surface area contributed by atoms with Gasteiger partial charge in [-0.3, -0.25) is 4.79 Å². The van der Waals surface area contributed by atoms with Crippen LogP contribution in [0.15, 0.2) is 60.7 Å². The molecule has 0 aliphatic heterocycles. The van der Waals surface area contributed by atoms with Crippen LogP contribution in [0.2, 0.25) is 0 Å². The summed E-state index contributed by atoms with van der Waals surface area (Å²) in [5.41, 5.74) is 4.35. The molecule has 3 aromatic rings. The minimum atomic E-state index is 0.0856. The highest BCUT2D eigenvalue weighted by atomic mass is 16.1. The largest absolute Gasteiger partial charge is 0.289 e. The van der Waals surface area contributed by atoms with Gasteiger partial charge in [-0.2, -0.15) is 0 Å². The second-order valence-corrected chi connectivity index (χ2v) is 6.67. The lowest BCUT2D eigenvalue weighted by Crippen LogP contribution is -2.02. The summed E-state index contributed by atoms with van der Waals surface area (Å²) in [6.07, 6.45) is 2.21. The van der Waals surface area contributed by atoms with E-state index in [1.165, 1.54) is 16.5 Å². The highest BCUT2D eigenvalue weighted by Gasteiger charge is 2.13. The molecule has 24 heavy (non-hydrogen) atoms. The standard InChI is InChI=1S/C23H24O/c1-4-8-22-20(16(2)3)13-11-18-15-19(12-14-21(18)22)23(24)17-9-6-5-7-10-17/h5-7,9-16H,4,8H2,1-3H3. The molecule has 122 valence electrons. The van der Waals surface area contributed by atoms with Gasteiger partial charge in [0.25, 0.3) is 0 Å². The Kier molecular flexibility index (Phi) is 4.80. The van der Waals surface area contributed by atoms with Crippen molar-refractivity contribution in [3.05, 3.63) is 82.9 Å². The summed E-state index contributed by atoms with van der Waals surface area (Å²) < 4.78 is 0. The number of ketones is 1. The summed E-state index contributed by atoms with van der Waals surface area (Å²) in [6, 6.07) is 20.0. The fraction of sp³-hybridized carbons (Fsp3) is 0.261. The van der Waals surface area contributed by atoms with Gasteiger partial charge in [0, 0.05) is 11.1 Å². The lowest BCUT2D eigenvalue weighted by molar-refractivity contribution is 0.103. The smallest absolute Gasteiger partial charge is 0.193 e. The van der Waals surface area contributed by atoms with Crippen molar-refractivity contribution in [3.63, 3.8) is 0 Å². The van der Waals surface area contributed by atoms with E-state index in [9.17, 15) is 4.79 Å². The molecule has 0 atom stereocenters. The van der Waals surface area contributed by atoms with Crippen molar-refractivity contribution >= 4 is 16.6 Å². The van der Waals surface area contributed by atoms with E-state index in [0.29, 0.717) is 5.92 Å². The molecule has 0 N–H and O–H groups in total. The lowest BCUT2D eigenvalue weighted by Gasteiger charge is -2.16. The van der Waals surface area contributed by atoms with Crippen molar-refractivity contribution < 1.29 is 4.79 Å². The predicted octanol–water partition coefficient (Wildman–Crippen LogP) is 6.15. The highest BCUT2D eigenvalue weighted by molar-refractivity contribution is 6.10. The molecule has 0 aromatic heterocycles. The molecule has 0 unspecified atom stereocenters. The summed E-state index contributed by atoms with van der Waals surface area (Å²) in [5.74, 6) is 0.601. The summed E-state index contributed by atoms with van der Waals surface area (Å²) in [5, 5.41) is 2.44. The normalized spacial score (nSPS) is 11.2. The first-order chi connectivity index (χ1) is 11.6. The molecule has 0 saturated heterocycles. The average molecular weight is 316 g/mol. The third-order valence-corrected chi connectivity index (χ3v) is 4.59. The van der Waals surface area contributed by atoms with Gasteiger partial charge in [-0.05, 0) is 40.3 Å². The van der Waals surface area contributed by atoms with Crippen LogP contribution >= 0.6 is 0 Å². The molecule has 1 heteroatoms. The number of aryl methyl sites for hydroxylation is 1. The topological polar surface area (TPSA) is 17.1 Å². The average Bonchev–Trinajstić information content (AvgIpc) is 2.61. The Bertz CT molecular complexity index is 860. The first kappa shape index (κ1) is 16.4. The monoisotopic (exact) mass is 316 g/mol. The molecule has 0 bridgehead atoms. The van der Waals surface area contributed by atoms with Gasteiger partial charge in [0.05, 0.1) is 0 Å². The second-order valence-electron chi connectivity index (χ2n) is 6.67. The number of hydrogen-bond acceptors (Lipinski definition) is 1. The molecule has 1 nitrogen and oxygen atoms in total. The Hall–Kier alpha value is -2.41. The SMILES string of the molecule is CCCc1c(C(C)C)ccc2cc(C(=O)c3ccccc3)ccc12. The minimum Gasteiger partial charge on any atom is -0.289 e. The maximum Gasteiger partial charge on any atom is 0.193 e. The Labute approximate surface area is 144 Å². The molecule has 0 aliphatic rings. The third-order valence-electron chi connectivity index (χ3n) is 4.59. The van der Waals surface area contributed by atoms with Crippen LogP contribution < -0.4 is 0 Å². The van der Waals surface area contributed by atoms with Crippen LogP contribution in [0.5, 0.6) is 0 Å². The third kappa shape index (κ3) is 3.12. The van der Waals surface area contributed by atoms with E-state index in [4.69, 9.17) is 0 Å². The lowest BCUT2D eigenvalue weighted by atomic mass is 9.89. The molecule has 0 amide bonds. The first-order valence-electron chi connectivity index (χ1n) is 8.77. The fourth-order valence-corrected chi connectivity index (χ4v) is 3.38. The quantitative estimate of drug-likeness (QED) is 0.516. The van der Waals surface area contributed by atoms with Gasteiger partial charge in [0.2, 0.25) is 0 Å². The molecule has 0 fully saturated rings. The van der Waals surface area contributed by atoms with E-state index in [0.717, 1.165) is 29.4 Å². The second kappa shape index (κ2) is 7.00. The fourth-order valence-electron chi connectivity index (χ4n) is 3.38. The number of benzene rings is 3.